The second-order valence-electron chi connectivity index (χ2n) is 2.27. The van der Waals surface area contributed by atoms with Crippen molar-refractivity contribution >= 4 is 44.8 Å². The summed E-state index contributed by atoms with van der Waals surface area (Å²) in [7, 11) is 7.52. The van der Waals surface area contributed by atoms with E-state index >= 15 is 0 Å². The minimum atomic E-state index is 1.03. The predicted molar refractivity (Wildman–Crippen MR) is 57.3 cm³/mol. The maximum atomic E-state index is 5.12. The maximum absolute atomic E-state index is 5.12. The Bertz CT molecular complexity index is 285. The average Bonchev–Trinajstić information content (AvgIpc) is 2.18. The summed E-state index contributed by atoms with van der Waals surface area (Å²) in [4.78, 5) is 0. The van der Waals surface area contributed by atoms with Gasteiger partial charge in [-0.15, -0.1) is 0 Å². The molecule has 1 rings (SSSR count). The van der Waals surface area contributed by atoms with Gasteiger partial charge in [-0.3, -0.25) is 4.31 Å². The summed E-state index contributed by atoms with van der Waals surface area (Å²) >= 11 is 6.87. The van der Waals surface area contributed by atoms with Crippen LogP contribution < -0.4 is 0 Å². The molecule has 62 valence electrons. The van der Waals surface area contributed by atoms with Crippen LogP contribution in [0.5, 0.6) is 0 Å². The van der Waals surface area contributed by atoms with Crippen molar-refractivity contribution in [2.45, 2.75) is 11.1 Å². The first-order valence-electron chi connectivity index (χ1n) is 3.06. The lowest BCUT2D eigenvalue weighted by Crippen LogP contribution is -1.97. The molecule has 0 amide bonds. The molecule has 0 saturated heterocycles. The van der Waals surface area contributed by atoms with Gasteiger partial charge in [0, 0.05) is 5.56 Å². The summed E-state index contributed by atoms with van der Waals surface area (Å²) in [5.74, 6) is 0. The zero-order chi connectivity index (χ0) is 8.43. The van der Waals surface area contributed by atoms with Crippen LogP contribution in [0.3, 0.4) is 0 Å². The van der Waals surface area contributed by atoms with E-state index in [1.807, 2.05) is 14.1 Å². The Kier molecular flexibility index (Phi) is 3.52. The zero-order valence-corrected chi connectivity index (χ0v) is 9.85. The Morgan fingerprint density at radius 3 is 2.36 bits per heavy atom. The van der Waals surface area contributed by atoms with E-state index in [1.165, 1.54) is 9.77 Å². The molecule has 11 heavy (non-hydrogen) atoms. The number of nitrogens with zero attached hydrogens (tertiary/aromatic N) is 1. The normalized spacial score (nSPS) is 10.9. The molecule has 0 aliphatic rings. The second-order valence-corrected chi connectivity index (χ2v) is 6.67. The Labute approximate surface area is 83.6 Å². The largest absolute Gasteiger partial charge is 0.252 e. The van der Waals surface area contributed by atoms with Crippen LogP contribution in [0, 0.1) is 10.7 Å². The lowest BCUT2D eigenvalue weighted by atomic mass is 10.5. The van der Waals surface area contributed by atoms with Crippen molar-refractivity contribution in [1.82, 2.24) is 4.31 Å². The summed E-state index contributed by atoms with van der Waals surface area (Å²) in [5, 5.41) is 0. The molecule has 0 saturated carbocycles. The topological polar surface area (TPSA) is 3.24 Å². The summed E-state index contributed by atoms with van der Waals surface area (Å²) in [6, 6.07) is 0. The molecule has 0 spiro atoms. The van der Waals surface area contributed by atoms with Gasteiger partial charge in [0.15, 0.2) is 0 Å². The van der Waals surface area contributed by atoms with Crippen LogP contribution >= 0.6 is 44.8 Å². The lowest BCUT2D eigenvalue weighted by molar-refractivity contribution is 0.703. The van der Waals surface area contributed by atoms with Gasteiger partial charge in [-0.2, -0.15) is 0 Å². The van der Waals surface area contributed by atoms with Gasteiger partial charge in [0.2, 0.25) is 0 Å². The molecule has 5 heteroatoms. The van der Waals surface area contributed by atoms with E-state index in [1.54, 1.807) is 32.6 Å². The Balaban J connectivity index is 2.87. The van der Waals surface area contributed by atoms with Crippen molar-refractivity contribution in [2.24, 2.45) is 0 Å². The van der Waals surface area contributed by atoms with Crippen molar-refractivity contribution in [2.75, 3.05) is 14.1 Å². The predicted octanol–water partition coefficient (Wildman–Crippen LogP) is 3.42. The fourth-order valence-electron chi connectivity index (χ4n) is 0.534. The molecule has 0 atom stereocenters. The number of hydrogen-bond acceptors (Lipinski definition) is 5. The maximum Gasteiger partial charge on any atom is 0.105 e. The van der Waals surface area contributed by atoms with Crippen molar-refractivity contribution in [3.05, 3.63) is 9.39 Å². The third kappa shape index (κ3) is 2.52. The van der Waals surface area contributed by atoms with E-state index in [-0.39, 0.29) is 0 Å². The quantitative estimate of drug-likeness (QED) is 0.430. The monoisotopic (exact) mass is 223 g/mol. The molecule has 1 heterocycles. The molecule has 0 aliphatic carbocycles. The fourth-order valence-corrected chi connectivity index (χ4v) is 4.73. The van der Waals surface area contributed by atoms with E-state index in [0.717, 1.165) is 3.82 Å². The van der Waals surface area contributed by atoms with Gasteiger partial charge in [0.1, 0.15) is 3.82 Å². The molecule has 0 aliphatic heterocycles. The number of hydrogen-bond donors (Lipinski definition) is 0. The van der Waals surface area contributed by atoms with Crippen LogP contribution in [0.4, 0.5) is 0 Å². The van der Waals surface area contributed by atoms with Gasteiger partial charge < -0.3 is 0 Å². The van der Waals surface area contributed by atoms with E-state index < -0.39 is 0 Å². The first-order chi connectivity index (χ1) is 5.11. The zero-order valence-electron chi connectivity index (χ0n) is 6.58. The minimum absolute atomic E-state index is 1.03. The summed E-state index contributed by atoms with van der Waals surface area (Å²) < 4.78 is 4.43. The summed E-state index contributed by atoms with van der Waals surface area (Å²) in [6.45, 7) is 2.08. The standard InChI is InChI=1S/C6H9NS4/c1-4-5(8)10-11-6(4)9-7(2)3/h1-3H3. The van der Waals surface area contributed by atoms with Crippen LogP contribution in [0.1, 0.15) is 5.56 Å². The Morgan fingerprint density at radius 2 is 2.00 bits per heavy atom. The van der Waals surface area contributed by atoms with Crippen LogP contribution in [-0.2, 0) is 0 Å². The highest BCUT2D eigenvalue weighted by molar-refractivity contribution is 8.01. The minimum Gasteiger partial charge on any atom is -0.252 e. The Hall–Kier alpha value is 0.580. The highest BCUT2D eigenvalue weighted by atomic mass is 32.9. The van der Waals surface area contributed by atoms with Crippen molar-refractivity contribution in [3.8, 4) is 0 Å². The molecule has 1 nitrogen and oxygen atoms in total. The van der Waals surface area contributed by atoms with E-state index in [4.69, 9.17) is 12.2 Å². The third-order valence-corrected chi connectivity index (χ3v) is 5.82. The summed E-state index contributed by atoms with van der Waals surface area (Å²) in [5.41, 5.74) is 1.26. The van der Waals surface area contributed by atoms with Gasteiger partial charge in [-0.05, 0) is 33.0 Å². The molecule has 0 fully saturated rings. The smallest absolute Gasteiger partial charge is 0.105 e. The lowest BCUT2D eigenvalue weighted by Gasteiger charge is -2.05. The van der Waals surface area contributed by atoms with Crippen molar-refractivity contribution in [3.63, 3.8) is 0 Å². The van der Waals surface area contributed by atoms with Crippen molar-refractivity contribution in [1.29, 1.82) is 0 Å². The molecular weight excluding hydrogens is 214 g/mol. The van der Waals surface area contributed by atoms with Gasteiger partial charge >= 0.3 is 0 Å². The second kappa shape index (κ2) is 4.00. The molecule has 0 bridgehead atoms. The highest BCUT2D eigenvalue weighted by Crippen LogP contribution is 2.33. The van der Waals surface area contributed by atoms with Crippen LogP contribution in [0.25, 0.3) is 0 Å². The molecule has 1 aromatic heterocycles. The van der Waals surface area contributed by atoms with E-state index in [9.17, 15) is 0 Å². The first kappa shape index (κ1) is 9.67. The molecular formula is C6H9NS4. The van der Waals surface area contributed by atoms with Gasteiger partial charge in [0.25, 0.3) is 0 Å². The SMILES string of the molecule is Cc1c(SN(C)C)ssc1=S. The van der Waals surface area contributed by atoms with Gasteiger partial charge in [-0.1, -0.05) is 32.9 Å². The van der Waals surface area contributed by atoms with E-state index in [0.29, 0.717) is 0 Å². The van der Waals surface area contributed by atoms with Crippen molar-refractivity contribution < 1.29 is 0 Å². The highest BCUT2D eigenvalue weighted by Gasteiger charge is 2.04. The molecule has 0 radical (unpaired) electrons. The first-order valence-corrected chi connectivity index (χ1v) is 6.39. The fraction of sp³-hybridized carbons (Fsp3) is 0.500. The number of rotatable bonds is 2. The van der Waals surface area contributed by atoms with Crippen LogP contribution in [0.2, 0.25) is 0 Å². The molecule has 0 N–H and O–H groups in total. The van der Waals surface area contributed by atoms with Gasteiger partial charge in [0.05, 0.1) is 4.21 Å². The van der Waals surface area contributed by atoms with Gasteiger partial charge in [-0.25, -0.2) is 0 Å². The third-order valence-electron chi connectivity index (χ3n) is 1.07. The summed E-state index contributed by atoms with van der Waals surface area (Å²) in [6.07, 6.45) is 0. The molecule has 1 aromatic rings. The Morgan fingerprint density at radius 1 is 1.36 bits per heavy atom. The average molecular weight is 223 g/mol. The molecule has 0 unspecified atom stereocenters. The van der Waals surface area contributed by atoms with E-state index in [2.05, 4.69) is 11.2 Å². The molecule has 0 aromatic carbocycles. The van der Waals surface area contributed by atoms with Crippen LogP contribution in [0.15, 0.2) is 4.21 Å². The van der Waals surface area contributed by atoms with Crippen LogP contribution in [-0.4, -0.2) is 18.4 Å².